The molecule has 0 bridgehead atoms. The smallest absolute Gasteiger partial charge is 0.262 e. The van der Waals surface area contributed by atoms with Gasteiger partial charge in [-0.1, -0.05) is 30.3 Å². The SMILES string of the molecule is O=C1NNC/C1=C\c1cccc2c(F)cccc12. The highest BCUT2D eigenvalue weighted by Crippen LogP contribution is 2.23. The molecule has 1 aliphatic heterocycles. The van der Waals surface area contributed by atoms with Crippen molar-refractivity contribution >= 4 is 22.8 Å². The summed E-state index contributed by atoms with van der Waals surface area (Å²) < 4.78 is 13.6. The Bertz CT molecular complexity index is 664. The lowest BCUT2D eigenvalue weighted by Crippen LogP contribution is -2.25. The molecule has 1 saturated heterocycles. The Morgan fingerprint density at radius 1 is 1.11 bits per heavy atom. The molecule has 0 spiro atoms. The highest BCUT2D eigenvalue weighted by Gasteiger charge is 2.15. The number of carbonyl (C=O) groups is 1. The van der Waals surface area contributed by atoms with Crippen molar-refractivity contribution in [3.05, 3.63) is 53.4 Å². The number of hydrazine groups is 1. The van der Waals surface area contributed by atoms with E-state index in [-0.39, 0.29) is 11.7 Å². The fraction of sp³-hybridized carbons (Fsp3) is 0.0714. The zero-order chi connectivity index (χ0) is 12.5. The number of benzene rings is 2. The van der Waals surface area contributed by atoms with Gasteiger partial charge in [-0.05, 0) is 23.1 Å². The van der Waals surface area contributed by atoms with E-state index in [0.717, 1.165) is 10.9 Å². The molecular weight excluding hydrogens is 231 g/mol. The lowest BCUT2D eigenvalue weighted by Gasteiger charge is -2.03. The van der Waals surface area contributed by atoms with Crippen molar-refractivity contribution in [3.63, 3.8) is 0 Å². The molecular formula is C14H11FN2O. The van der Waals surface area contributed by atoms with Crippen molar-refractivity contribution < 1.29 is 9.18 Å². The van der Waals surface area contributed by atoms with Crippen LogP contribution in [0.25, 0.3) is 16.8 Å². The topological polar surface area (TPSA) is 41.1 Å². The average molecular weight is 242 g/mol. The van der Waals surface area contributed by atoms with Crippen LogP contribution in [0.5, 0.6) is 0 Å². The number of hydrogen-bond acceptors (Lipinski definition) is 2. The van der Waals surface area contributed by atoms with Crippen LogP contribution in [0.4, 0.5) is 4.39 Å². The molecule has 3 rings (SSSR count). The Labute approximate surface area is 103 Å². The Kier molecular flexibility index (Phi) is 2.57. The van der Waals surface area contributed by atoms with Gasteiger partial charge in [0.2, 0.25) is 0 Å². The lowest BCUT2D eigenvalue weighted by atomic mass is 10.0. The number of hydrogen-bond donors (Lipinski definition) is 2. The molecule has 18 heavy (non-hydrogen) atoms. The van der Waals surface area contributed by atoms with Gasteiger partial charge in [-0.3, -0.25) is 10.2 Å². The van der Waals surface area contributed by atoms with Crippen LogP contribution in [0.15, 0.2) is 42.0 Å². The van der Waals surface area contributed by atoms with Gasteiger partial charge < -0.3 is 0 Å². The van der Waals surface area contributed by atoms with Crippen LogP contribution in [0.3, 0.4) is 0 Å². The summed E-state index contributed by atoms with van der Waals surface area (Å²) in [5.74, 6) is -0.384. The van der Waals surface area contributed by atoms with Crippen molar-refractivity contribution in [2.75, 3.05) is 6.54 Å². The minimum atomic E-state index is -0.248. The first kappa shape index (κ1) is 10.9. The van der Waals surface area contributed by atoms with Crippen molar-refractivity contribution in [3.8, 4) is 0 Å². The second kappa shape index (κ2) is 4.23. The fourth-order valence-electron chi connectivity index (χ4n) is 2.11. The van der Waals surface area contributed by atoms with Crippen molar-refractivity contribution in [1.82, 2.24) is 10.9 Å². The van der Waals surface area contributed by atoms with Crippen LogP contribution in [-0.4, -0.2) is 12.5 Å². The number of fused-ring (bicyclic) bond motifs is 1. The van der Waals surface area contributed by atoms with E-state index in [9.17, 15) is 9.18 Å². The van der Waals surface area contributed by atoms with Crippen LogP contribution in [-0.2, 0) is 4.79 Å². The number of amides is 1. The van der Waals surface area contributed by atoms with E-state index < -0.39 is 0 Å². The molecule has 0 aliphatic carbocycles. The highest BCUT2D eigenvalue weighted by molar-refractivity contribution is 6.02. The minimum Gasteiger partial charge on any atom is -0.287 e. The van der Waals surface area contributed by atoms with E-state index in [1.807, 2.05) is 12.1 Å². The molecule has 2 aromatic carbocycles. The van der Waals surface area contributed by atoms with Gasteiger partial charge in [0.15, 0.2) is 0 Å². The Morgan fingerprint density at radius 3 is 2.67 bits per heavy atom. The highest BCUT2D eigenvalue weighted by atomic mass is 19.1. The quantitative estimate of drug-likeness (QED) is 0.751. The largest absolute Gasteiger partial charge is 0.287 e. The summed E-state index contributed by atoms with van der Waals surface area (Å²) in [5.41, 5.74) is 6.77. The van der Waals surface area contributed by atoms with E-state index in [4.69, 9.17) is 0 Å². The molecule has 2 aromatic rings. The summed E-state index contributed by atoms with van der Waals surface area (Å²) >= 11 is 0. The monoisotopic (exact) mass is 242 g/mol. The summed E-state index contributed by atoms with van der Waals surface area (Å²) in [6.07, 6.45) is 1.79. The second-order valence-electron chi connectivity index (χ2n) is 4.16. The second-order valence-corrected chi connectivity index (χ2v) is 4.16. The average Bonchev–Trinajstić information content (AvgIpc) is 2.77. The fourth-order valence-corrected chi connectivity index (χ4v) is 2.11. The summed E-state index contributed by atoms with van der Waals surface area (Å²) in [6, 6.07) is 10.4. The van der Waals surface area contributed by atoms with Crippen LogP contribution in [0.1, 0.15) is 5.56 Å². The van der Waals surface area contributed by atoms with Gasteiger partial charge in [0.1, 0.15) is 5.82 Å². The van der Waals surface area contributed by atoms with Gasteiger partial charge in [-0.15, -0.1) is 0 Å². The standard InChI is InChI=1S/C14H11FN2O/c15-13-6-2-4-11-9(3-1-5-12(11)13)7-10-8-16-17-14(10)18/h1-7,16H,8H2,(H,17,18)/b10-7+. The van der Waals surface area contributed by atoms with Crippen molar-refractivity contribution in [2.24, 2.45) is 0 Å². The number of rotatable bonds is 1. The lowest BCUT2D eigenvalue weighted by molar-refractivity contribution is -0.116. The van der Waals surface area contributed by atoms with E-state index in [1.54, 1.807) is 24.3 Å². The van der Waals surface area contributed by atoms with Gasteiger partial charge in [-0.2, -0.15) is 0 Å². The molecule has 2 N–H and O–H groups in total. The van der Waals surface area contributed by atoms with E-state index in [2.05, 4.69) is 10.9 Å². The number of carbonyl (C=O) groups excluding carboxylic acids is 1. The van der Waals surface area contributed by atoms with Crippen molar-refractivity contribution in [1.29, 1.82) is 0 Å². The molecule has 1 heterocycles. The summed E-state index contributed by atoms with van der Waals surface area (Å²) in [7, 11) is 0. The van der Waals surface area contributed by atoms with Gasteiger partial charge >= 0.3 is 0 Å². The molecule has 4 heteroatoms. The van der Waals surface area contributed by atoms with Crippen molar-refractivity contribution in [2.45, 2.75) is 0 Å². The molecule has 1 aliphatic rings. The first-order chi connectivity index (χ1) is 8.75. The van der Waals surface area contributed by atoms with Crippen LogP contribution in [0, 0.1) is 5.82 Å². The Balaban J connectivity index is 2.18. The Morgan fingerprint density at radius 2 is 1.89 bits per heavy atom. The normalized spacial score (nSPS) is 17.4. The maximum Gasteiger partial charge on any atom is 0.262 e. The molecule has 0 saturated carbocycles. The molecule has 0 radical (unpaired) electrons. The molecule has 0 atom stereocenters. The number of halogens is 1. The van der Waals surface area contributed by atoms with Gasteiger partial charge in [0.05, 0.1) is 0 Å². The van der Waals surface area contributed by atoms with Gasteiger partial charge in [0, 0.05) is 17.5 Å². The van der Waals surface area contributed by atoms with E-state index in [1.165, 1.54) is 6.07 Å². The summed E-state index contributed by atoms with van der Waals surface area (Å²) in [4.78, 5) is 11.5. The Hall–Kier alpha value is -2.20. The first-order valence-electron chi connectivity index (χ1n) is 5.67. The molecule has 1 amide bonds. The molecule has 0 aromatic heterocycles. The first-order valence-corrected chi connectivity index (χ1v) is 5.67. The molecule has 1 fully saturated rings. The molecule has 90 valence electrons. The third-order valence-electron chi connectivity index (χ3n) is 3.00. The van der Waals surface area contributed by atoms with Gasteiger partial charge in [0.25, 0.3) is 5.91 Å². The zero-order valence-corrected chi connectivity index (χ0v) is 9.53. The predicted octanol–water partition coefficient (Wildman–Crippen LogP) is 2.00. The van der Waals surface area contributed by atoms with E-state index >= 15 is 0 Å². The zero-order valence-electron chi connectivity index (χ0n) is 9.53. The minimum absolute atomic E-state index is 0.136. The van der Waals surface area contributed by atoms with Gasteiger partial charge in [-0.25, -0.2) is 9.82 Å². The summed E-state index contributed by atoms with van der Waals surface area (Å²) in [5, 5.41) is 1.38. The maximum absolute atomic E-state index is 13.6. The van der Waals surface area contributed by atoms with Crippen LogP contribution in [0.2, 0.25) is 0 Å². The maximum atomic E-state index is 13.6. The molecule has 0 unspecified atom stereocenters. The number of nitrogens with one attached hydrogen (secondary N) is 2. The predicted molar refractivity (Wildman–Crippen MR) is 68.0 cm³/mol. The molecule has 3 nitrogen and oxygen atoms in total. The van der Waals surface area contributed by atoms with Crippen LogP contribution < -0.4 is 10.9 Å². The summed E-state index contributed by atoms with van der Waals surface area (Å²) in [6.45, 7) is 0.477. The van der Waals surface area contributed by atoms with E-state index in [0.29, 0.717) is 17.5 Å². The van der Waals surface area contributed by atoms with Crippen LogP contribution >= 0.6 is 0 Å². The third kappa shape index (κ3) is 1.76. The third-order valence-corrected chi connectivity index (χ3v) is 3.00.